The third-order valence-electron chi connectivity index (χ3n) is 9.23. The fourth-order valence-electron chi connectivity index (χ4n) is 5.81. The van der Waals surface area contributed by atoms with Crippen LogP contribution < -0.4 is 4.57 Å². The van der Waals surface area contributed by atoms with Gasteiger partial charge in [-0.25, -0.2) is 9.59 Å². The Kier molecular flexibility index (Phi) is 33.8. The molecule has 0 spiro atoms. The summed E-state index contributed by atoms with van der Waals surface area (Å²) >= 11 is 2.89. The predicted molar refractivity (Wildman–Crippen MR) is 227 cm³/mol. The molecule has 1 aromatic heterocycles. The molecule has 8 atom stereocenters. The fraction of sp³-hybridized carbons (Fsp3) is 0.703. The van der Waals surface area contributed by atoms with Crippen molar-refractivity contribution >= 4 is 84.2 Å². The molecule has 0 radical (unpaired) electrons. The number of aliphatic hydroxyl groups is 6. The molecule has 3 aliphatic heterocycles. The van der Waals surface area contributed by atoms with Gasteiger partial charge in [0.05, 0.1) is 32.0 Å². The Morgan fingerprint density at radius 3 is 1.71 bits per heavy atom. The third kappa shape index (κ3) is 23.8. The minimum atomic E-state index is -5.84. The van der Waals surface area contributed by atoms with Crippen LogP contribution in [0.15, 0.2) is 48.6 Å². The quantitative estimate of drug-likeness (QED) is 0.0255. The Bertz CT molecular complexity index is 1990. The summed E-state index contributed by atoms with van der Waals surface area (Å²) in [5, 5.41) is 58.1. The Morgan fingerprint density at radius 1 is 0.803 bits per heavy atom. The molecule has 0 bridgehead atoms. The van der Waals surface area contributed by atoms with Crippen molar-refractivity contribution in [3.8, 4) is 0 Å². The number of aliphatic hydroxyl groups excluding tert-OH is 6. The van der Waals surface area contributed by atoms with Crippen LogP contribution in [-0.2, 0) is 52.4 Å². The Morgan fingerprint density at radius 2 is 1.27 bits per heavy atom. The Labute approximate surface area is 412 Å². The number of alkyl halides is 3. The molecule has 21 nitrogen and oxygen atoms in total. The van der Waals surface area contributed by atoms with E-state index < -0.39 is 95.8 Å². The van der Waals surface area contributed by atoms with Crippen molar-refractivity contribution in [1.82, 2.24) is 4.90 Å². The number of hydrogen-bond acceptors (Lipinski definition) is 19. The normalized spacial score (nSPS) is 23.3. The fourth-order valence-corrected chi connectivity index (χ4v) is 5.81. The molecule has 0 saturated carbocycles. The second kappa shape index (κ2) is 34.6. The zero-order chi connectivity index (χ0) is 50.6. The molecule has 2 saturated heterocycles. The summed E-state index contributed by atoms with van der Waals surface area (Å²) in [4.78, 5) is 25.8. The molecule has 7 N–H and O–H groups in total. The molecule has 370 valence electrons. The van der Waals surface area contributed by atoms with Crippen LogP contribution in [0.5, 0.6) is 0 Å². The number of rotatable bonds is 18. The minimum absolute atomic E-state index is 0.341. The van der Waals surface area contributed by atoms with Gasteiger partial charge in [0.2, 0.25) is 0 Å². The molecule has 3 aliphatic rings. The van der Waals surface area contributed by atoms with Gasteiger partial charge in [-0.1, -0.05) is 71.3 Å². The van der Waals surface area contributed by atoms with Gasteiger partial charge in [-0.05, 0) is 18.9 Å². The number of carbonyl (C=O) groups excluding carboxylic acids is 2. The summed E-state index contributed by atoms with van der Waals surface area (Å²) in [7, 11) is -11.7. The zero-order valence-electron chi connectivity index (χ0n) is 37.0. The van der Waals surface area contributed by atoms with E-state index in [1.54, 1.807) is 36.8 Å². The summed E-state index contributed by atoms with van der Waals surface area (Å²) in [6, 6.07) is 3.27. The number of aromatic nitrogens is 1. The number of carbonyl (C=O) groups is 2. The standard InChI is InChI=1S/C18H29NO6.C18H28NO6.CHF3O3S.2Na.O4S2/c2*1-2-3-4-5-6-10-24-18(23)13-8-7-9-19(11-13)17-16(22)15(21)14(12-20)25-17;2-1(3,4)8(5,6)7;;;1-5(2)6(3)4/h7,9,11,14-17,20-22H,2-6,8,10,12H2,1H3;7-9,11,14-17,20-22H,2-6,10,12H2,1H3;(H,5,6,7);;;/q;+1;;;;/t2*14-,15+,16?,17-;;;;/m11..../s1. The van der Waals surface area contributed by atoms with Crippen molar-refractivity contribution in [3.05, 3.63) is 54.1 Å². The third-order valence-corrected chi connectivity index (χ3v) is 10.7. The number of esters is 2. The van der Waals surface area contributed by atoms with Crippen LogP contribution in [0.2, 0.25) is 0 Å². The van der Waals surface area contributed by atoms with Crippen LogP contribution in [-0.4, -0.2) is 196 Å². The first kappa shape index (κ1) is 64.4. The monoisotopic (exact) mass is 1030 g/mol. The van der Waals surface area contributed by atoms with Gasteiger partial charge >= 0.3 is 89.7 Å². The molecular formula is C37H58F3N2Na2O19S3+. The first-order valence-corrected chi connectivity index (χ1v) is 33.1. The molecule has 0 amide bonds. The molecule has 4 rings (SSSR count). The van der Waals surface area contributed by atoms with E-state index in [-0.39, 0.29) is 12.6 Å². The molecule has 0 aromatic carbocycles. The molecule has 2 fully saturated rings. The average Bonchev–Trinajstić information content (AvgIpc) is 3.75. The maximum atomic E-state index is 12.2. The predicted octanol–water partition coefficient (Wildman–Crippen LogP) is 0.0471. The number of unbranched alkanes of at least 4 members (excludes halogenated alkanes) is 8. The van der Waals surface area contributed by atoms with E-state index >= 15 is 0 Å². The van der Waals surface area contributed by atoms with Crippen molar-refractivity contribution < 1.29 is 107 Å². The van der Waals surface area contributed by atoms with Gasteiger partial charge in [0.1, 0.15) is 36.1 Å². The van der Waals surface area contributed by atoms with E-state index in [2.05, 4.69) is 13.8 Å². The van der Waals surface area contributed by atoms with Crippen LogP contribution in [0.25, 0.3) is 0 Å². The van der Waals surface area contributed by atoms with Gasteiger partial charge in [0, 0.05) is 24.9 Å². The van der Waals surface area contributed by atoms with Gasteiger partial charge in [0.25, 0.3) is 6.23 Å². The molecule has 1 aromatic rings. The Balaban J connectivity index is 0.000000967. The molecular weight excluding hydrogens is 976 g/mol. The number of ether oxygens (including phenoxy) is 4. The average molecular weight is 1030 g/mol. The zero-order valence-corrected chi connectivity index (χ0v) is 43.5. The van der Waals surface area contributed by atoms with Crippen LogP contribution in [0.3, 0.4) is 0 Å². The molecule has 4 heterocycles. The number of nitrogens with zero attached hydrogens (tertiary/aromatic N) is 2. The first-order valence-electron chi connectivity index (χ1n) is 21.0. The summed E-state index contributed by atoms with van der Waals surface area (Å²) in [6.45, 7) is 4.31. The van der Waals surface area contributed by atoms with Gasteiger partial charge in [-0.3, -0.25) is 4.55 Å². The number of allylic oxidation sites excluding steroid dienone is 1. The summed E-state index contributed by atoms with van der Waals surface area (Å²) in [5.74, 6) is -0.812. The number of halogens is 3. The SMILES string of the molecule is CCCCCCCOC(=O)C1=CN([C@@H]2O[C@H](CO)[C@H](O)C2O)C=CC1.CCCCCCCOC(=O)c1ccc[n+]([C@@H]2O[C@H](CO)[C@H](O)C2O)c1.O=S(=O)(O)C(F)(F)F.O=S(=O)=S(=O)=O.[Na][Na]. The van der Waals surface area contributed by atoms with E-state index in [1.165, 1.54) is 85.0 Å². The maximum absolute atomic E-state index is 12.2. The molecule has 29 heteroatoms. The Hall–Kier alpha value is -1.61. The molecule has 2 unspecified atom stereocenters. The molecule has 0 aliphatic carbocycles. The van der Waals surface area contributed by atoms with Crippen molar-refractivity contribution in [2.24, 2.45) is 0 Å². The topological polar surface area (TPSA) is 322 Å². The van der Waals surface area contributed by atoms with Gasteiger partial charge in [0.15, 0.2) is 24.7 Å². The van der Waals surface area contributed by atoms with Crippen LogP contribution in [0, 0.1) is 0 Å². The van der Waals surface area contributed by atoms with Crippen LogP contribution in [0.4, 0.5) is 13.2 Å². The summed E-state index contributed by atoms with van der Waals surface area (Å²) in [5.41, 5.74) is -4.73. The van der Waals surface area contributed by atoms with Crippen molar-refractivity contribution in [1.29, 1.82) is 0 Å². The summed E-state index contributed by atoms with van der Waals surface area (Å²) in [6.07, 6.45) is 11.3. The second-order valence-electron chi connectivity index (χ2n) is 14.1. The summed E-state index contributed by atoms with van der Waals surface area (Å²) < 4.78 is 117. The van der Waals surface area contributed by atoms with Gasteiger partial charge < -0.3 is 54.5 Å². The van der Waals surface area contributed by atoms with Crippen LogP contribution in [0.1, 0.15) is 101 Å². The van der Waals surface area contributed by atoms with Crippen LogP contribution >= 0.6 is 0 Å². The van der Waals surface area contributed by atoms with Crippen molar-refractivity contribution in [2.75, 3.05) is 26.4 Å². The van der Waals surface area contributed by atoms with E-state index in [4.69, 9.17) is 59.0 Å². The first-order chi connectivity index (χ1) is 31.1. The van der Waals surface area contributed by atoms with Gasteiger partial charge in [-0.2, -0.15) is 43.0 Å². The van der Waals surface area contributed by atoms with E-state index in [9.17, 15) is 43.2 Å². The second-order valence-corrected chi connectivity index (χ2v) is 18.0. The van der Waals surface area contributed by atoms with Crippen molar-refractivity contribution in [3.63, 3.8) is 0 Å². The van der Waals surface area contributed by atoms with E-state index in [1.807, 2.05) is 0 Å². The number of hydrogen-bond donors (Lipinski definition) is 7. The van der Waals surface area contributed by atoms with E-state index in [0.717, 1.165) is 38.5 Å². The molecule has 66 heavy (non-hydrogen) atoms. The van der Waals surface area contributed by atoms with E-state index in [0.29, 0.717) is 30.8 Å². The van der Waals surface area contributed by atoms with Crippen molar-refractivity contribution in [2.45, 2.75) is 139 Å². The number of pyridine rings is 1. The van der Waals surface area contributed by atoms with Gasteiger partial charge in [-0.15, -0.1) is 0 Å².